The molecule has 276 valence electrons. The molecule has 1 N–H and O–H groups in total. The third-order valence-electron chi connectivity index (χ3n) is 7.14. The van der Waals surface area contributed by atoms with E-state index in [2.05, 4.69) is 9.97 Å². The predicted octanol–water partition coefficient (Wildman–Crippen LogP) is 7.66. The van der Waals surface area contributed by atoms with Crippen LogP contribution >= 0.6 is 0 Å². The van der Waals surface area contributed by atoms with Crippen LogP contribution in [0, 0.1) is 0 Å². The van der Waals surface area contributed by atoms with E-state index in [1.54, 1.807) is 13.8 Å². The first-order valence-corrected chi connectivity index (χ1v) is 15.4. The summed E-state index contributed by atoms with van der Waals surface area (Å²) in [6.07, 6.45) is -14.5. The van der Waals surface area contributed by atoms with Crippen LogP contribution in [0.15, 0.2) is 48.8 Å². The second-order valence-corrected chi connectivity index (χ2v) is 11.4. The number of ether oxygens (including phenoxy) is 1. The second-order valence-electron chi connectivity index (χ2n) is 11.4. The number of aliphatic carboxylic acids is 1. The molecule has 0 atom stereocenters. The van der Waals surface area contributed by atoms with Gasteiger partial charge in [0.1, 0.15) is 0 Å². The molecule has 51 heavy (non-hydrogen) atoms. The normalized spacial score (nSPS) is 11.9. The first-order chi connectivity index (χ1) is 23.3. The molecule has 1 amide bonds. The summed E-state index contributed by atoms with van der Waals surface area (Å²) in [6.45, 7) is 2.55. The van der Waals surface area contributed by atoms with Crippen molar-refractivity contribution in [1.29, 1.82) is 0 Å². The molecule has 3 rings (SSSR count). The molecule has 0 aliphatic carbocycles. The number of hydrogen-bond acceptors (Lipinski definition) is 6. The number of rotatable bonds is 16. The maximum absolute atomic E-state index is 13.9. The number of carboxylic acids is 1. The van der Waals surface area contributed by atoms with Crippen molar-refractivity contribution in [2.45, 2.75) is 84.0 Å². The Hall–Kier alpha value is -3.57. The molecule has 0 spiro atoms. The first-order valence-electron chi connectivity index (χ1n) is 15.4. The molecule has 0 bridgehead atoms. The van der Waals surface area contributed by atoms with E-state index in [0.717, 1.165) is 36.4 Å². The van der Waals surface area contributed by atoms with E-state index in [4.69, 9.17) is 9.84 Å². The number of benzene rings is 2. The monoisotopic (exact) mass is 746 g/mol. The van der Waals surface area contributed by atoms with Gasteiger partial charge in [-0.1, -0.05) is 25.1 Å². The van der Waals surface area contributed by atoms with Gasteiger partial charge in [0.15, 0.2) is 5.75 Å². The van der Waals surface area contributed by atoms with Crippen molar-refractivity contribution < 1.29 is 58.9 Å². The Labute approximate surface area is 310 Å². The minimum atomic E-state index is -4.79. The number of halogens is 9. The molecule has 0 saturated heterocycles. The van der Waals surface area contributed by atoms with Crippen LogP contribution in [0.2, 0.25) is 0 Å². The fourth-order valence-corrected chi connectivity index (χ4v) is 5.16. The van der Waals surface area contributed by atoms with Gasteiger partial charge in [0.25, 0.3) is 0 Å². The molecule has 1 heterocycles. The molecule has 0 radical (unpaired) electrons. The van der Waals surface area contributed by atoms with Crippen molar-refractivity contribution in [2.24, 2.45) is 0 Å². The summed E-state index contributed by atoms with van der Waals surface area (Å²) in [4.78, 5) is 34.7. The zero-order valence-corrected chi connectivity index (χ0v) is 27.1. The van der Waals surface area contributed by atoms with Gasteiger partial charge in [-0.15, -0.1) is 0 Å². The number of anilines is 2. The van der Waals surface area contributed by atoms with Crippen LogP contribution in [0.3, 0.4) is 0 Å². The number of aromatic nitrogens is 2. The van der Waals surface area contributed by atoms with Gasteiger partial charge in [-0.05, 0) is 60.2 Å². The minimum absolute atomic E-state index is 0. The summed E-state index contributed by atoms with van der Waals surface area (Å²) in [6, 6.07) is 5.66. The second kappa shape index (κ2) is 18.8. The summed E-state index contributed by atoms with van der Waals surface area (Å²) >= 11 is 0. The average Bonchev–Trinajstić information content (AvgIpc) is 2.98. The molecule has 2 aromatic carbocycles. The summed E-state index contributed by atoms with van der Waals surface area (Å²) < 4.78 is 127. The molecule has 0 aliphatic rings. The molecule has 0 aliphatic heterocycles. The van der Waals surface area contributed by atoms with Gasteiger partial charge < -0.3 is 19.6 Å². The molecule has 18 heteroatoms. The predicted molar refractivity (Wildman–Crippen MR) is 172 cm³/mol. The van der Waals surface area contributed by atoms with Crippen molar-refractivity contribution in [1.82, 2.24) is 9.97 Å². The van der Waals surface area contributed by atoms with E-state index >= 15 is 0 Å². The summed E-state index contributed by atoms with van der Waals surface area (Å²) in [7, 11) is 0. The molecular formula is C33H36F9N4NaO4. The molecule has 1 aromatic heterocycles. The standard InChI is InChI=1S/C33H35F9N4O4.Na.H/c1-3-6-28(47)46(4-2)27-9-8-25(33(40,41)42)14-24(27)20-45(30-43-17-26(18-44-30)50-10-5-7-29(48)49)19-23-12-21(15-31(34,35)36)11-22(13-23)16-32(37,38)39;;/h8-9,11-14,17-18H,3-7,10,15-16,19-20H2,1-2H3,(H,48,49);;. The fraction of sp³-hybridized carbons (Fsp3) is 0.455. The number of nitrogens with zero attached hydrogens (tertiary/aromatic N) is 4. The Morgan fingerprint density at radius 1 is 0.804 bits per heavy atom. The molecule has 0 saturated carbocycles. The number of carbonyl (C=O) groups excluding carboxylic acids is 1. The van der Waals surface area contributed by atoms with E-state index in [1.807, 2.05) is 0 Å². The van der Waals surface area contributed by atoms with Crippen molar-refractivity contribution >= 4 is 53.1 Å². The van der Waals surface area contributed by atoms with Gasteiger partial charge in [-0.2, -0.15) is 39.5 Å². The van der Waals surface area contributed by atoms with Crippen LogP contribution < -0.4 is 14.5 Å². The number of alkyl halides is 9. The maximum atomic E-state index is 13.9. The zero-order valence-electron chi connectivity index (χ0n) is 27.1. The first kappa shape index (κ1) is 43.6. The average molecular weight is 747 g/mol. The Bertz CT molecular complexity index is 1570. The van der Waals surface area contributed by atoms with Gasteiger partial charge in [0.2, 0.25) is 11.9 Å². The van der Waals surface area contributed by atoms with Crippen molar-refractivity contribution in [3.8, 4) is 5.75 Å². The molecule has 3 aromatic rings. The Morgan fingerprint density at radius 3 is 1.86 bits per heavy atom. The van der Waals surface area contributed by atoms with Crippen LogP contribution in [-0.2, 0) is 41.7 Å². The van der Waals surface area contributed by atoms with E-state index in [9.17, 15) is 49.1 Å². The van der Waals surface area contributed by atoms with Crippen molar-refractivity contribution in [3.63, 3.8) is 0 Å². The van der Waals surface area contributed by atoms with E-state index < -0.39 is 67.1 Å². The van der Waals surface area contributed by atoms with Gasteiger partial charge >= 0.3 is 54.1 Å². The van der Waals surface area contributed by atoms with Gasteiger partial charge in [-0.25, -0.2) is 9.97 Å². The number of amides is 1. The fourth-order valence-electron chi connectivity index (χ4n) is 5.16. The van der Waals surface area contributed by atoms with Crippen LogP contribution in [0.1, 0.15) is 67.3 Å². The number of hydrogen-bond donors (Lipinski definition) is 1. The number of carboxylic acid groups (broad SMARTS) is 1. The summed E-state index contributed by atoms with van der Waals surface area (Å²) in [5.74, 6) is -1.49. The van der Waals surface area contributed by atoms with Gasteiger partial charge in [-0.3, -0.25) is 9.59 Å². The van der Waals surface area contributed by atoms with E-state index in [-0.39, 0.29) is 96.4 Å². The third-order valence-corrected chi connectivity index (χ3v) is 7.14. The SMILES string of the molecule is CCCC(=O)N(CC)c1ccc(C(F)(F)F)cc1CN(Cc1cc(CC(F)(F)F)cc(CC(F)(F)F)c1)c1ncc(OCCCC(=O)O)cn1.[NaH]. The Balaban J connectivity index is 0.00000901. The Morgan fingerprint density at radius 2 is 1.37 bits per heavy atom. The quantitative estimate of drug-likeness (QED) is 0.0914. The van der Waals surface area contributed by atoms with Crippen LogP contribution in [0.25, 0.3) is 0 Å². The van der Waals surface area contributed by atoms with Crippen molar-refractivity contribution in [3.05, 3.63) is 76.6 Å². The molecule has 0 unspecified atom stereocenters. The molecule has 8 nitrogen and oxygen atoms in total. The van der Waals surface area contributed by atoms with Crippen LogP contribution in [0.4, 0.5) is 51.1 Å². The zero-order chi connectivity index (χ0) is 37.3. The summed E-state index contributed by atoms with van der Waals surface area (Å²) in [5.41, 5.74) is -1.92. The van der Waals surface area contributed by atoms with E-state index in [1.165, 1.54) is 22.2 Å². The van der Waals surface area contributed by atoms with Gasteiger partial charge in [0, 0.05) is 38.2 Å². The Kier molecular flexibility index (Phi) is 16.1. The molecule has 0 fully saturated rings. The van der Waals surface area contributed by atoms with E-state index in [0.29, 0.717) is 6.42 Å². The molecular weight excluding hydrogens is 710 g/mol. The summed E-state index contributed by atoms with van der Waals surface area (Å²) in [5, 5.41) is 8.80. The van der Waals surface area contributed by atoms with Crippen LogP contribution in [-0.4, -0.2) is 82.0 Å². The number of carbonyl (C=O) groups is 2. The third kappa shape index (κ3) is 14.5. The van der Waals surface area contributed by atoms with Crippen LogP contribution in [0.5, 0.6) is 5.75 Å². The van der Waals surface area contributed by atoms with Crippen molar-refractivity contribution in [2.75, 3.05) is 23.0 Å². The topological polar surface area (TPSA) is 95.9 Å². The van der Waals surface area contributed by atoms with Gasteiger partial charge in [0.05, 0.1) is 37.4 Å².